The topological polar surface area (TPSA) is 56.8 Å². The summed E-state index contributed by atoms with van der Waals surface area (Å²) >= 11 is 0. The van der Waals surface area contributed by atoms with Gasteiger partial charge < -0.3 is 19.5 Å². The van der Waals surface area contributed by atoms with Gasteiger partial charge in [-0.3, -0.25) is 4.79 Å². The summed E-state index contributed by atoms with van der Waals surface area (Å²) in [5.74, 6) is 0.596. The van der Waals surface area contributed by atoms with Crippen molar-refractivity contribution in [1.29, 1.82) is 0 Å². The van der Waals surface area contributed by atoms with Gasteiger partial charge >= 0.3 is 5.97 Å². The highest BCUT2D eigenvalue weighted by atomic mass is 19.1. The molecule has 6 heteroatoms. The number of fused-ring (bicyclic) bond motifs is 1. The van der Waals surface area contributed by atoms with Crippen molar-refractivity contribution < 1.29 is 23.4 Å². The smallest absolute Gasteiger partial charge is 0.313 e. The highest BCUT2D eigenvalue weighted by molar-refractivity contribution is 5.88. The molecule has 0 radical (unpaired) electrons. The molecule has 1 heterocycles. The minimum Gasteiger partial charge on any atom is -0.496 e. The van der Waals surface area contributed by atoms with Crippen LogP contribution < -0.4 is 19.5 Å². The number of aryl methyl sites for hydroxylation is 1. The maximum Gasteiger partial charge on any atom is 0.313 e. The first kappa shape index (κ1) is 26.3. The molecule has 1 aliphatic rings. The van der Waals surface area contributed by atoms with Gasteiger partial charge in [-0.15, -0.1) is 0 Å². The lowest BCUT2D eigenvalue weighted by atomic mass is 9.85. The molecule has 4 rings (SSSR count). The van der Waals surface area contributed by atoms with Crippen LogP contribution in [0.25, 0.3) is 16.7 Å². The van der Waals surface area contributed by atoms with Crippen LogP contribution in [0.2, 0.25) is 0 Å². The number of anilines is 1. The van der Waals surface area contributed by atoms with E-state index in [0.717, 1.165) is 39.1 Å². The Hall–Kier alpha value is -3.80. The van der Waals surface area contributed by atoms with Crippen LogP contribution in [-0.4, -0.2) is 18.6 Å². The summed E-state index contributed by atoms with van der Waals surface area (Å²) < 4.78 is 31.4. The van der Waals surface area contributed by atoms with E-state index >= 15 is 0 Å². The van der Waals surface area contributed by atoms with Crippen molar-refractivity contribution in [2.45, 2.75) is 53.7 Å². The Balaban J connectivity index is 1.83. The molecule has 0 saturated carbocycles. The molecule has 1 aliphatic heterocycles. The number of benzene rings is 3. The molecule has 3 aromatic carbocycles. The van der Waals surface area contributed by atoms with Gasteiger partial charge in [0.15, 0.2) is 0 Å². The highest BCUT2D eigenvalue weighted by Crippen LogP contribution is 2.43. The van der Waals surface area contributed by atoms with Crippen LogP contribution in [0, 0.1) is 18.7 Å². The summed E-state index contributed by atoms with van der Waals surface area (Å²) in [6.07, 6.45) is 2.20. The largest absolute Gasteiger partial charge is 0.496 e. The number of carbonyl (C=O) groups is 1. The molecule has 5 nitrogen and oxygen atoms in total. The Bertz CT molecular complexity index is 1370. The molecule has 0 aromatic heterocycles. The minimum absolute atomic E-state index is 0.199. The van der Waals surface area contributed by atoms with Crippen LogP contribution in [0.1, 0.15) is 51.3 Å². The second kappa shape index (κ2) is 10.3. The highest BCUT2D eigenvalue weighted by Gasteiger charge is 2.27. The SMILES string of the molecule is COc1cc(OC(=O)C(C)C)ccc1-c1ccc2c(c1COc1cc(F)ccc1C)C(C)=CC(C)(C)N2. The van der Waals surface area contributed by atoms with Gasteiger partial charge in [-0.25, -0.2) is 4.39 Å². The number of allylic oxidation sites excluding steroid dienone is 1. The first-order chi connectivity index (χ1) is 17.5. The molecular formula is C31H34FNO4. The third kappa shape index (κ3) is 5.63. The molecule has 3 aromatic rings. The van der Waals surface area contributed by atoms with Gasteiger partial charge in [0.25, 0.3) is 0 Å². The number of hydrogen-bond donors (Lipinski definition) is 1. The van der Waals surface area contributed by atoms with E-state index in [0.29, 0.717) is 17.2 Å². The van der Waals surface area contributed by atoms with Crippen molar-refractivity contribution >= 4 is 17.2 Å². The molecule has 0 amide bonds. The normalized spacial score (nSPS) is 13.9. The van der Waals surface area contributed by atoms with Gasteiger partial charge in [0.05, 0.1) is 18.6 Å². The van der Waals surface area contributed by atoms with Gasteiger partial charge in [0.1, 0.15) is 29.7 Å². The van der Waals surface area contributed by atoms with Crippen molar-refractivity contribution in [3.05, 3.63) is 77.1 Å². The van der Waals surface area contributed by atoms with E-state index in [4.69, 9.17) is 14.2 Å². The van der Waals surface area contributed by atoms with Crippen molar-refractivity contribution in [3.63, 3.8) is 0 Å². The van der Waals surface area contributed by atoms with E-state index in [2.05, 4.69) is 38.2 Å². The molecule has 0 aliphatic carbocycles. The van der Waals surface area contributed by atoms with Crippen molar-refractivity contribution in [2.75, 3.05) is 12.4 Å². The van der Waals surface area contributed by atoms with E-state index in [1.165, 1.54) is 12.1 Å². The summed E-state index contributed by atoms with van der Waals surface area (Å²) in [7, 11) is 1.59. The van der Waals surface area contributed by atoms with E-state index in [1.807, 2.05) is 19.1 Å². The summed E-state index contributed by atoms with van der Waals surface area (Å²) in [6, 6.07) is 14.0. The van der Waals surface area contributed by atoms with Crippen LogP contribution in [0.5, 0.6) is 17.2 Å². The van der Waals surface area contributed by atoms with E-state index in [-0.39, 0.29) is 29.9 Å². The molecule has 0 fully saturated rings. The van der Waals surface area contributed by atoms with Crippen molar-refractivity contribution in [2.24, 2.45) is 5.92 Å². The fourth-order valence-corrected chi connectivity index (χ4v) is 4.67. The molecule has 0 unspecified atom stereocenters. The van der Waals surface area contributed by atoms with Crippen LogP contribution in [0.15, 0.2) is 54.6 Å². The van der Waals surface area contributed by atoms with Crippen LogP contribution >= 0.6 is 0 Å². The average molecular weight is 504 g/mol. The lowest BCUT2D eigenvalue weighted by molar-refractivity contribution is -0.137. The van der Waals surface area contributed by atoms with Gasteiger partial charge in [-0.05, 0) is 68.7 Å². The van der Waals surface area contributed by atoms with E-state index in [1.54, 1.807) is 39.2 Å². The minimum atomic E-state index is -0.344. The van der Waals surface area contributed by atoms with Gasteiger partial charge in [0, 0.05) is 34.5 Å². The number of hydrogen-bond acceptors (Lipinski definition) is 5. The average Bonchev–Trinajstić information content (AvgIpc) is 2.83. The molecule has 0 saturated heterocycles. The maximum atomic E-state index is 14.0. The number of carbonyl (C=O) groups excluding carboxylic acids is 1. The molecule has 37 heavy (non-hydrogen) atoms. The predicted octanol–water partition coefficient (Wildman–Crippen LogP) is 7.56. The second-order valence-corrected chi connectivity index (χ2v) is 10.3. The monoisotopic (exact) mass is 503 g/mol. The Labute approximate surface area is 218 Å². The standard InChI is InChI=1S/C31H34FNO4/c1-18(2)30(34)37-22-10-11-24(28(15-22)35-7)23-12-13-26-29(20(4)16-31(5,6)33-26)25(23)17-36-27-14-21(32)9-8-19(27)3/h8-16,18,33H,17H2,1-7H3. The van der Waals surface area contributed by atoms with E-state index < -0.39 is 0 Å². The molecule has 0 bridgehead atoms. The summed E-state index contributed by atoms with van der Waals surface area (Å²) in [6.45, 7) is 12.0. The Morgan fingerprint density at radius 3 is 2.43 bits per heavy atom. The third-order valence-corrected chi connectivity index (χ3v) is 6.42. The fourth-order valence-electron chi connectivity index (χ4n) is 4.67. The first-order valence-corrected chi connectivity index (χ1v) is 12.4. The molecule has 1 N–H and O–H groups in total. The lowest BCUT2D eigenvalue weighted by Crippen LogP contribution is -2.32. The number of halogens is 1. The zero-order valence-corrected chi connectivity index (χ0v) is 22.5. The summed E-state index contributed by atoms with van der Waals surface area (Å²) in [4.78, 5) is 12.1. The van der Waals surface area contributed by atoms with Gasteiger partial charge in [-0.1, -0.05) is 32.1 Å². The Morgan fingerprint density at radius 1 is 1.00 bits per heavy atom. The Morgan fingerprint density at radius 2 is 1.73 bits per heavy atom. The Kier molecular flexibility index (Phi) is 7.30. The maximum absolute atomic E-state index is 14.0. The zero-order valence-electron chi connectivity index (χ0n) is 22.5. The molecule has 0 atom stereocenters. The number of esters is 1. The lowest BCUT2D eigenvalue weighted by Gasteiger charge is -2.33. The zero-order chi connectivity index (χ0) is 26.9. The molecule has 194 valence electrons. The van der Waals surface area contributed by atoms with E-state index in [9.17, 15) is 9.18 Å². The van der Waals surface area contributed by atoms with Crippen molar-refractivity contribution in [3.8, 4) is 28.4 Å². The van der Waals surface area contributed by atoms with Crippen LogP contribution in [0.4, 0.5) is 10.1 Å². The second-order valence-electron chi connectivity index (χ2n) is 10.3. The molecule has 0 spiro atoms. The third-order valence-electron chi connectivity index (χ3n) is 6.42. The number of ether oxygens (including phenoxy) is 3. The van der Waals surface area contributed by atoms with Crippen LogP contribution in [0.3, 0.4) is 0 Å². The number of nitrogens with one attached hydrogen (secondary N) is 1. The quantitative estimate of drug-likeness (QED) is 0.266. The number of rotatable bonds is 7. The summed E-state index contributed by atoms with van der Waals surface area (Å²) in [5.41, 5.74) is 6.53. The summed E-state index contributed by atoms with van der Waals surface area (Å²) in [5, 5.41) is 3.59. The predicted molar refractivity (Wildman–Crippen MR) is 146 cm³/mol. The fraction of sp³-hybridized carbons (Fsp3) is 0.323. The first-order valence-electron chi connectivity index (χ1n) is 12.4. The van der Waals surface area contributed by atoms with Crippen molar-refractivity contribution in [1.82, 2.24) is 0 Å². The van der Waals surface area contributed by atoms with Crippen LogP contribution in [-0.2, 0) is 11.4 Å². The van der Waals surface area contributed by atoms with Gasteiger partial charge in [0.2, 0.25) is 0 Å². The molecular weight excluding hydrogens is 469 g/mol. The van der Waals surface area contributed by atoms with Gasteiger partial charge in [-0.2, -0.15) is 0 Å². The number of methoxy groups -OCH3 is 1.